The maximum absolute atomic E-state index is 15.1. The lowest BCUT2D eigenvalue weighted by atomic mass is 9.87. The number of ether oxygens (including phenoxy) is 2. The molecule has 0 saturated carbocycles. The molecule has 0 bridgehead atoms. The quantitative estimate of drug-likeness (QED) is 0.170. The predicted octanol–water partition coefficient (Wildman–Crippen LogP) is 4.37. The van der Waals surface area contributed by atoms with Gasteiger partial charge in [0.15, 0.2) is 11.6 Å². The maximum Gasteiger partial charge on any atom is 0.301 e. The van der Waals surface area contributed by atoms with Crippen molar-refractivity contribution in [1.82, 2.24) is 29.0 Å². The lowest BCUT2D eigenvalue weighted by molar-refractivity contribution is -0.137. The third-order valence-corrected chi connectivity index (χ3v) is 14.4. The van der Waals surface area contributed by atoms with E-state index in [0.29, 0.717) is 57.4 Å². The minimum atomic E-state index is -4.03. The number of halogens is 2. The molecule has 5 heterocycles. The molecule has 17 nitrogen and oxygen atoms in total. The number of nitriles is 1. The standard InChI is InChI=1S/C44H49F2N9O8S/c1-3-52(2)64(60,61)51-36-9-6-33(45)41(32(36)23-47)63-30-5-8-35-31(21-30)43(59)55(26-48-35)29-22-44(62-25-29)14-18-54(19-15-44)40(57)24-53-16-12-27(13-17-53)28-4-7-37(34(46)20-28)49-38-10-11-39(56)50-42(38)58/h4-9,20-21,26-27,29,38,49,51H,3,10-19,22,24-25H2,1-2H3,(H,50,56,58)/t29-,38?/m1/s1. The van der Waals surface area contributed by atoms with Crippen LogP contribution in [0.4, 0.5) is 20.2 Å². The Balaban J connectivity index is 0.846. The normalized spacial score (nSPS) is 20.7. The van der Waals surface area contributed by atoms with Crippen molar-refractivity contribution in [2.45, 2.75) is 75.5 Å². The number of hydrogen-bond donors (Lipinski definition) is 3. The van der Waals surface area contributed by atoms with Gasteiger partial charge in [-0.25, -0.2) is 13.8 Å². The molecule has 0 aliphatic carbocycles. The van der Waals surface area contributed by atoms with Crippen LogP contribution in [-0.2, 0) is 29.3 Å². The Hall–Kier alpha value is -6.01. The Morgan fingerprint density at radius 1 is 1.03 bits per heavy atom. The van der Waals surface area contributed by atoms with Crippen LogP contribution in [0, 0.1) is 23.0 Å². The first-order valence-electron chi connectivity index (χ1n) is 21.3. The number of likely N-dealkylation sites (tertiary alicyclic amines) is 2. The average molecular weight is 902 g/mol. The molecular weight excluding hydrogens is 853 g/mol. The second-order valence-corrected chi connectivity index (χ2v) is 18.6. The molecule has 8 rings (SSSR count). The number of nitrogens with zero attached hydrogens (tertiary/aromatic N) is 6. The first-order valence-corrected chi connectivity index (χ1v) is 22.8. The second kappa shape index (κ2) is 18.2. The molecule has 4 aliphatic heterocycles. The van der Waals surface area contributed by atoms with E-state index in [2.05, 4.69) is 25.2 Å². The number of nitrogens with one attached hydrogen (secondary N) is 3. The number of rotatable bonds is 12. The summed E-state index contributed by atoms with van der Waals surface area (Å²) in [7, 11) is -2.68. The summed E-state index contributed by atoms with van der Waals surface area (Å²) >= 11 is 0. The highest BCUT2D eigenvalue weighted by Gasteiger charge is 2.44. The van der Waals surface area contributed by atoms with Crippen LogP contribution in [0.3, 0.4) is 0 Å². The summed E-state index contributed by atoms with van der Waals surface area (Å²) in [5.41, 5.74) is 0.0112. The fourth-order valence-electron chi connectivity index (χ4n) is 8.94. The SMILES string of the molecule is CCN(C)S(=O)(=O)Nc1ccc(F)c(Oc2ccc3ncn([C@H]4COC5(CCN(C(=O)CN6CCC(c7ccc(NC8CCC(=O)NC8=O)c(F)c7)CC6)CC5)C4)c(=O)c3c2)c1C#N. The van der Waals surface area contributed by atoms with Crippen molar-refractivity contribution in [3.8, 4) is 17.6 Å². The maximum atomic E-state index is 15.1. The zero-order valence-electron chi connectivity index (χ0n) is 35.4. The van der Waals surface area contributed by atoms with Crippen molar-refractivity contribution in [3.63, 3.8) is 0 Å². The molecule has 0 radical (unpaired) electrons. The summed E-state index contributed by atoms with van der Waals surface area (Å²) in [6.45, 7) is 4.72. The third-order valence-electron chi connectivity index (χ3n) is 12.9. The minimum Gasteiger partial charge on any atom is -0.453 e. The van der Waals surface area contributed by atoms with Gasteiger partial charge in [0.1, 0.15) is 29.2 Å². The van der Waals surface area contributed by atoms with Gasteiger partial charge >= 0.3 is 10.2 Å². The largest absolute Gasteiger partial charge is 0.453 e. The van der Waals surface area contributed by atoms with Crippen molar-refractivity contribution in [2.24, 2.45) is 0 Å². The Morgan fingerprint density at radius 3 is 2.48 bits per heavy atom. The molecular formula is C44H49F2N9O8S. The van der Waals surface area contributed by atoms with Crippen LogP contribution in [0.15, 0.2) is 59.7 Å². The van der Waals surface area contributed by atoms with Gasteiger partial charge in [0.05, 0.1) is 53.4 Å². The van der Waals surface area contributed by atoms with E-state index >= 15 is 8.78 Å². The molecule has 4 saturated heterocycles. The van der Waals surface area contributed by atoms with Gasteiger partial charge in [0.2, 0.25) is 17.7 Å². The van der Waals surface area contributed by atoms with Crippen LogP contribution in [0.25, 0.3) is 10.9 Å². The van der Waals surface area contributed by atoms with E-state index in [1.165, 1.54) is 42.2 Å². The van der Waals surface area contributed by atoms with Gasteiger partial charge in [-0.15, -0.1) is 0 Å². The summed E-state index contributed by atoms with van der Waals surface area (Å²) in [6, 6.07) is 12.4. The highest BCUT2D eigenvalue weighted by molar-refractivity contribution is 7.90. The van der Waals surface area contributed by atoms with Crippen LogP contribution in [0.2, 0.25) is 0 Å². The monoisotopic (exact) mass is 901 g/mol. The Labute approximate surface area is 368 Å². The molecule has 4 aliphatic rings. The van der Waals surface area contributed by atoms with Crippen LogP contribution in [-0.4, -0.2) is 114 Å². The molecule has 2 atom stereocenters. The van der Waals surface area contributed by atoms with Crippen molar-refractivity contribution < 1.29 is 41.1 Å². The fraction of sp³-hybridized carbons (Fsp3) is 0.455. The van der Waals surface area contributed by atoms with E-state index in [1.807, 2.05) is 17.0 Å². The van der Waals surface area contributed by atoms with Gasteiger partial charge in [0.25, 0.3) is 5.56 Å². The van der Waals surface area contributed by atoms with E-state index < -0.39 is 45.1 Å². The Morgan fingerprint density at radius 2 is 1.78 bits per heavy atom. The Bertz CT molecular complexity index is 2700. The summed E-state index contributed by atoms with van der Waals surface area (Å²) in [5, 5.41) is 15.3. The molecule has 64 heavy (non-hydrogen) atoms. The first kappa shape index (κ1) is 44.6. The molecule has 1 spiro atoms. The smallest absolute Gasteiger partial charge is 0.301 e. The van der Waals surface area contributed by atoms with Gasteiger partial charge in [-0.05, 0) is 106 Å². The highest BCUT2D eigenvalue weighted by Crippen LogP contribution is 2.41. The minimum absolute atomic E-state index is 0.0321. The van der Waals surface area contributed by atoms with E-state index in [0.717, 1.165) is 34.8 Å². The summed E-state index contributed by atoms with van der Waals surface area (Å²) < 4.78 is 72.6. The van der Waals surface area contributed by atoms with Crippen LogP contribution in [0.1, 0.15) is 75.0 Å². The average Bonchev–Trinajstić information content (AvgIpc) is 3.69. The van der Waals surface area contributed by atoms with Gasteiger partial charge in [-0.3, -0.25) is 38.7 Å². The van der Waals surface area contributed by atoms with Crippen LogP contribution < -0.4 is 25.7 Å². The number of amides is 3. The number of carbonyl (C=O) groups excluding carboxylic acids is 3. The molecule has 1 unspecified atom stereocenters. The second-order valence-electron chi connectivity index (χ2n) is 16.8. The molecule has 3 aromatic carbocycles. The number of benzene rings is 3. The number of fused-ring (bicyclic) bond motifs is 1. The van der Waals surface area contributed by atoms with Crippen molar-refractivity contribution in [3.05, 3.63) is 88.0 Å². The van der Waals surface area contributed by atoms with Crippen LogP contribution >= 0.6 is 0 Å². The summed E-state index contributed by atoms with van der Waals surface area (Å²) in [4.78, 5) is 59.5. The molecule has 1 aromatic heterocycles. The van der Waals surface area contributed by atoms with Gasteiger partial charge in [-0.1, -0.05) is 13.0 Å². The van der Waals surface area contributed by atoms with E-state index in [4.69, 9.17) is 9.47 Å². The molecule has 3 amide bonds. The molecule has 4 fully saturated rings. The number of aromatic nitrogens is 2. The molecule has 338 valence electrons. The van der Waals surface area contributed by atoms with Gasteiger partial charge in [-0.2, -0.15) is 18.0 Å². The number of carbonyl (C=O) groups is 3. The predicted molar refractivity (Wildman–Crippen MR) is 231 cm³/mol. The number of hydrogen-bond acceptors (Lipinski definition) is 12. The summed E-state index contributed by atoms with van der Waals surface area (Å²) in [5.74, 6) is -2.47. The lowest BCUT2D eigenvalue weighted by Crippen LogP contribution is -2.50. The van der Waals surface area contributed by atoms with Crippen molar-refractivity contribution in [2.75, 3.05) is 63.0 Å². The zero-order valence-corrected chi connectivity index (χ0v) is 36.3. The third kappa shape index (κ3) is 9.29. The van der Waals surface area contributed by atoms with Crippen molar-refractivity contribution in [1.29, 1.82) is 5.26 Å². The lowest BCUT2D eigenvalue weighted by Gasteiger charge is -2.40. The molecule has 20 heteroatoms. The number of anilines is 2. The Kier molecular flexibility index (Phi) is 12.7. The first-order chi connectivity index (χ1) is 30.7. The fourth-order valence-corrected chi connectivity index (χ4v) is 9.89. The summed E-state index contributed by atoms with van der Waals surface area (Å²) in [6.07, 6.45) is 5.24. The number of imide groups is 1. The van der Waals surface area contributed by atoms with E-state index in [1.54, 1.807) is 13.0 Å². The topological polar surface area (TPSA) is 208 Å². The number of piperidine rings is 3. The van der Waals surface area contributed by atoms with E-state index in [-0.39, 0.29) is 83.5 Å². The van der Waals surface area contributed by atoms with Gasteiger partial charge in [0, 0.05) is 33.1 Å². The van der Waals surface area contributed by atoms with Crippen molar-refractivity contribution >= 4 is 50.2 Å². The highest BCUT2D eigenvalue weighted by atomic mass is 32.2. The van der Waals surface area contributed by atoms with E-state index in [9.17, 15) is 32.9 Å². The molecule has 4 aromatic rings. The molecule has 3 N–H and O–H groups in total. The van der Waals surface area contributed by atoms with Gasteiger partial charge < -0.3 is 19.7 Å². The van der Waals surface area contributed by atoms with Crippen LogP contribution in [0.5, 0.6) is 11.5 Å². The zero-order chi connectivity index (χ0) is 45.3.